The molecule has 8 nitrogen and oxygen atoms in total. The van der Waals surface area contributed by atoms with Crippen molar-refractivity contribution in [1.82, 2.24) is 4.98 Å². The lowest BCUT2D eigenvalue weighted by molar-refractivity contribution is -0.229. The minimum atomic E-state index is -4.60. The highest BCUT2D eigenvalue weighted by atomic mass is 19.4. The van der Waals surface area contributed by atoms with Crippen LogP contribution in [-0.2, 0) is 20.4 Å². The molecule has 0 unspecified atom stereocenters. The largest absolute Gasteiger partial charge is 0.433 e. The third kappa shape index (κ3) is 5.21. The van der Waals surface area contributed by atoms with Crippen LogP contribution in [0.1, 0.15) is 31.4 Å². The zero-order valence-electron chi connectivity index (χ0n) is 16.5. The molecule has 1 aromatic heterocycles. The fraction of sp³-hybridized carbons (Fsp3) is 0.737. The Labute approximate surface area is 172 Å². The van der Waals surface area contributed by atoms with Crippen molar-refractivity contribution in [2.45, 2.75) is 62.0 Å². The molecule has 0 aromatic carbocycles. The molecule has 0 amide bonds. The highest BCUT2D eigenvalue weighted by molar-refractivity contribution is 5.38. The molecule has 5 atom stereocenters. The summed E-state index contributed by atoms with van der Waals surface area (Å²) in [6.07, 6.45) is -4.47. The molecule has 2 aliphatic rings. The summed E-state index contributed by atoms with van der Waals surface area (Å²) in [4.78, 5) is 3.52. The Balaban J connectivity index is 1.57. The van der Waals surface area contributed by atoms with E-state index in [4.69, 9.17) is 19.9 Å². The van der Waals surface area contributed by atoms with Gasteiger partial charge in [0.1, 0.15) is 35.4 Å². The summed E-state index contributed by atoms with van der Waals surface area (Å²) < 4.78 is 55.6. The molecule has 1 aromatic rings. The van der Waals surface area contributed by atoms with Crippen LogP contribution in [0.4, 0.5) is 19.0 Å². The van der Waals surface area contributed by atoms with E-state index >= 15 is 0 Å². The van der Waals surface area contributed by atoms with Gasteiger partial charge in [-0.1, -0.05) is 18.9 Å². The first-order valence-corrected chi connectivity index (χ1v) is 10.0. The number of aromatic nitrogens is 1. The Morgan fingerprint density at radius 3 is 2.73 bits per heavy atom. The highest BCUT2D eigenvalue weighted by Crippen LogP contribution is 2.38. The second kappa shape index (κ2) is 9.75. The second-order valence-electron chi connectivity index (χ2n) is 7.63. The molecular formula is C19H28F3N3O5. The molecule has 0 aliphatic carbocycles. The van der Waals surface area contributed by atoms with Crippen molar-refractivity contribution in [1.29, 1.82) is 0 Å². The topological polar surface area (TPSA) is 119 Å². The van der Waals surface area contributed by atoms with Gasteiger partial charge in [-0.15, -0.1) is 0 Å². The molecule has 0 radical (unpaired) electrons. The summed E-state index contributed by atoms with van der Waals surface area (Å²) in [5.41, 5.74) is 3.16. The summed E-state index contributed by atoms with van der Waals surface area (Å²) in [7, 11) is 0. The molecule has 0 saturated carbocycles. The molecule has 2 aliphatic heterocycles. The van der Waals surface area contributed by atoms with Gasteiger partial charge in [0.05, 0.1) is 13.2 Å². The summed E-state index contributed by atoms with van der Waals surface area (Å²) in [5, 5.41) is 23.9. The smallest absolute Gasteiger partial charge is 0.388 e. The van der Waals surface area contributed by atoms with Crippen molar-refractivity contribution in [2.24, 2.45) is 5.73 Å². The number of nitrogens with zero attached hydrogens (tertiary/aromatic N) is 1. The number of hydrogen-bond donors (Lipinski definition) is 4. The third-order valence-corrected chi connectivity index (χ3v) is 5.31. The molecular weight excluding hydrogens is 407 g/mol. The fourth-order valence-electron chi connectivity index (χ4n) is 3.63. The van der Waals surface area contributed by atoms with E-state index in [1.54, 1.807) is 0 Å². The first kappa shape index (κ1) is 23.2. The van der Waals surface area contributed by atoms with Crippen LogP contribution < -0.4 is 11.1 Å². The van der Waals surface area contributed by atoms with Gasteiger partial charge in [-0.3, -0.25) is 0 Å². The van der Waals surface area contributed by atoms with Crippen LogP contribution in [0, 0.1) is 0 Å². The molecule has 0 spiro atoms. The van der Waals surface area contributed by atoms with Gasteiger partial charge in [0.2, 0.25) is 0 Å². The van der Waals surface area contributed by atoms with E-state index in [0.29, 0.717) is 13.2 Å². The number of anilines is 1. The van der Waals surface area contributed by atoms with Gasteiger partial charge < -0.3 is 35.5 Å². The average Bonchev–Trinajstić information content (AvgIpc) is 3.11. The number of aliphatic hydroxyl groups is 2. The van der Waals surface area contributed by atoms with Gasteiger partial charge in [-0.05, 0) is 31.5 Å². The number of alkyl halides is 3. The summed E-state index contributed by atoms with van der Waals surface area (Å²) in [5.74, 6) is -0.110. The predicted molar refractivity (Wildman–Crippen MR) is 101 cm³/mol. The zero-order chi connectivity index (χ0) is 21.8. The number of aliphatic hydroxyl groups excluding tert-OH is 2. The van der Waals surface area contributed by atoms with E-state index in [1.807, 2.05) is 0 Å². The molecule has 3 heterocycles. The van der Waals surface area contributed by atoms with Gasteiger partial charge in [0, 0.05) is 6.61 Å². The van der Waals surface area contributed by atoms with Gasteiger partial charge in [-0.25, -0.2) is 4.98 Å². The molecule has 3 rings (SSSR count). The number of hydrogen-bond acceptors (Lipinski definition) is 8. The Bertz CT molecular complexity index is 696. The minimum Gasteiger partial charge on any atom is -0.388 e. The maximum Gasteiger partial charge on any atom is 0.433 e. The standard InChI is InChI=1S/C19H28F3N3O5/c20-19(21,22)12-6-5-7-13(24-12)25-14-15(26)16(27)18(11-29-17(14)30-18)10-28-9-4-2-1-3-8-23/h5-7,14-17,26-27H,1-4,8-11,23H2,(H,24,25)/t14-,15-,16-,17+,18+/m1/s1. The first-order chi connectivity index (χ1) is 14.3. The van der Waals surface area contributed by atoms with Crippen molar-refractivity contribution in [3.05, 3.63) is 23.9 Å². The van der Waals surface area contributed by atoms with E-state index < -0.39 is 42.0 Å². The number of halogens is 3. The number of nitrogens with one attached hydrogen (secondary N) is 1. The maximum absolute atomic E-state index is 12.9. The summed E-state index contributed by atoms with van der Waals surface area (Å²) in [6, 6.07) is 2.38. The average molecular weight is 435 g/mol. The van der Waals surface area contributed by atoms with Crippen LogP contribution in [0.3, 0.4) is 0 Å². The molecule has 2 saturated heterocycles. The number of pyridine rings is 1. The van der Waals surface area contributed by atoms with Crippen LogP contribution in [0.5, 0.6) is 0 Å². The molecule has 2 bridgehead atoms. The Morgan fingerprint density at radius 2 is 2.00 bits per heavy atom. The summed E-state index contributed by atoms with van der Waals surface area (Å²) >= 11 is 0. The van der Waals surface area contributed by atoms with Gasteiger partial charge >= 0.3 is 6.18 Å². The van der Waals surface area contributed by atoms with Gasteiger partial charge in [0.25, 0.3) is 0 Å². The van der Waals surface area contributed by atoms with Crippen LogP contribution >= 0.6 is 0 Å². The molecule has 5 N–H and O–H groups in total. The maximum atomic E-state index is 12.9. The number of nitrogens with two attached hydrogens (primary N) is 1. The Morgan fingerprint density at radius 1 is 1.23 bits per heavy atom. The SMILES string of the molecule is NCCCCCCOC[C@@]12CO[C@@H](O1)[C@H](Nc1cccc(C(F)(F)F)n1)[C@@H](O)[C@H]2O. The first-order valence-electron chi connectivity index (χ1n) is 10.0. The quantitative estimate of drug-likeness (QED) is 0.406. The van der Waals surface area contributed by atoms with Crippen LogP contribution in [0.15, 0.2) is 18.2 Å². The minimum absolute atomic E-state index is 0.00271. The van der Waals surface area contributed by atoms with Gasteiger partial charge in [-0.2, -0.15) is 13.2 Å². The second-order valence-corrected chi connectivity index (χ2v) is 7.63. The molecule has 2 fully saturated rings. The van der Waals surface area contributed by atoms with Gasteiger partial charge in [0.15, 0.2) is 6.29 Å². The van der Waals surface area contributed by atoms with E-state index in [2.05, 4.69) is 10.3 Å². The monoisotopic (exact) mass is 435 g/mol. The lowest BCUT2D eigenvalue weighted by atomic mass is 9.88. The van der Waals surface area contributed by atoms with E-state index in [1.165, 1.54) is 12.1 Å². The normalized spacial score (nSPS) is 31.1. The summed E-state index contributed by atoms with van der Waals surface area (Å²) in [6.45, 7) is 1.16. The Hall–Kier alpha value is -1.50. The van der Waals surface area contributed by atoms with Crippen molar-refractivity contribution < 1.29 is 37.6 Å². The van der Waals surface area contributed by atoms with Crippen molar-refractivity contribution in [3.63, 3.8) is 0 Å². The number of unbranched alkanes of at least 4 members (excludes halogenated alkanes) is 3. The van der Waals surface area contributed by atoms with Crippen molar-refractivity contribution in [3.8, 4) is 0 Å². The molecule has 11 heteroatoms. The van der Waals surface area contributed by atoms with Crippen molar-refractivity contribution in [2.75, 3.05) is 31.7 Å². The fourth-order valence-corrected chi connectivity index (χ4v) is 3.63. The number of rotatable bonds is 10. The van der Waals surface area contributed by atoms with Crippen LogP contribution in [-0.4, -0.2) is 71.7 Å². The molecule has 30 heavy (non-hydrogen) atoms. The zero-order valence-corrected chi connectivity index (χ0v) is 16.5. The third-order valence-electron chi connectivity index (χ3n) is 5.31. The number of fused-ring (bicyclic) bond motifs is 2. The van der Waals surface area contributed by atoms with Crippen molar-refractivity contribution >= 4 is 5.82 Å². The number of ether oxygens (including phenoxy) is 3. The predicted octanol–water partition coefficient (Wildman–Crippen LogP) is 1.26. The highest BCUT2D eigenvalue weighted by Gasteiger charge is 2.59. The lowest BCUT2D eigenvalue weighted by Crippen LogP contribution is -2.64. The van der Waals surface area contributed by atoms with E-state index in [-0.39, 0.29) is 19.0 Å². The lowest BCUT2D eigenvalue weighted by Gasteiger charge is -2.42. The van der Waals surface area contributed by atoms with Crippen LogP contribution in [0.25, 0.3) is 0 Å². The van der Waals surface area contributed by atoms with E-state index in [9.17, 15) is 23.4 Å². The van der Waals surface area contributed by atoms with Crippen LogP contribution in [0.2, 0.25) is 0 Å². The van der Waals surface area contributed by atoms with E-state index in [0.717, 1.165) is 31.7 Å². The molecule has 170 valence electrons. The Kier molecular flexibility index (Phi) is 7.53.